The Labute approximate surface area is 168 Å². The second kappa shape index (κ2) is 9.02. The van der Waals surface area contributed by atoms with Gasteiger partial charge in [0.2, 0.25) is 5.91 Å². The molecule has 1 aromatic heterocycles. The number of thiazole rings is 1. The molecule has 6 heteroatoms. The van der Waals surface area contributed by atoms with Crippen LogP contribution in [0.4, 0.5) is 10.8 Å². The summed E-state index contributed by atoms with van der Waals surface area (Å²) in [5, 5.41) is 7.30. The number of benzene rings is 2. The Balaban J connectivity index is 1.50. The fourth-order valence-electron chi connectivity index (χ4n) is 2.63. The SMILES string of the molecule is CC(C)c1ccc(NCC(=O)Nc2ncc(Cc3cccc(Cl)c3)s2)cc1. The molecule has 0 aliphatic carbocycles. The number of rotatable bonds is 7. The van der Waals surface area contributed by atoms with Crippen LogP contribution < -0.4 is 10.6 Å². The summed E-state index contributed by atoms with van der Waals surface area (Å²) in [6.45, 7) is 4.51. The van der Waals surface area contributed by atoms with Gasteiger partial charge in [0, 0.05) is 28.2 Å². The van der Waals surface area contributed by atoms with Crippen molar-refractivity contribution < 1.29 is 4.79 Å². The molecule has 0 atom stereocenters. The van der Waals surface area contributed by atoms with Gasteiger partial charge in [-0.05, 0) is 41.3 Å². The van der Waals surface area contributed by atoms with E-state index in [1.807, 2.05) is 36.4 Å². The van der Waals surface area contributed by atoms with Gasteiger partial charge in [-0.15, -0.1) is 11.3 Å². The van der Waals surface area contributed by atoms with E-state index in [0.29, 0.717) is 11.0 Å². The van der Waals surface area contributed by atoms with E-state index in [1.54, 1.807) is 6.20 Å². The Hall–Kier alpha value is -2.37. The maximum absolute atomic E-state index is 12.1. The Bertz CT molecular complexity index is 906. The molecule has 3 aromatic rings. The van der Waals surface area contributed by atoms with Gasteiger partial charge in [-0.3, -0.25) is 4.79 Å². The summed E-state index contributed by atoms with van der Waals surface area (Å²) in [6, 6.07) is 15.9. The molecule has 0 unspecified atom stereocenters. The summed E-state index contributed by atoms with van der Waals surface area (Å²) in [6.07, 6.45) is 2.54. The van der Waals surface area contributed by atoms with Crippen molar-refractivity contribution in [1.82, 2.24) is 4.98 Å². The van der Waals surface area contributed by atoms with E-state index in [2.05, 4.69) is 41.6 Å². The summed E-state index contributed by atoms with van der Waals surface area (Å²) in [5.74, 6) is 0.375. The van der Waals surface area contributed by atoms with E-state index < -0.39 is 0 Å². The Morgan fingerprint density at radius 3 is 2.67 bits per heavy atom. The molecule has 0 radical (unpaired) electrons. The minimum Gasteiger partial charge on any atom is -0.376 e. The van der Waals surface area contributed by atoms with Crippen molar-refractivity contribution in [3.05, 3.63) is 75.8 Å². The van der Waals surface area contributed by atoms with Crippen LogP contribution in [0, 0.1) is 0 Å². The van der Waals surface area contributed by atoms with Gasteiger partial charge in [0.05, 0.1) is 6.54 Å². The first kappa shape index (κ1) is 19.4. The third-order valence-corrected chi connectivity index (χ3v) is 5.25. The number of nitrogens with one attached hydrogen (secondary N) is 2. The molecular formula is C21H22ClN3OS. The van der Waals surface area contributed by atoms with Crippen LogP contribution in [0.3, 0.4) is 0 Å². The average molecular weight is 400 g/mol. The van der Waals surface area contributed by atoms with Crippen LogP contribution in [-0.4, -0.2) is 17.4 Å². The van der Waals surface area contributed by atoms with Crippen LogP contribution in [-0.2, 0) is 11.2 Å². The third-order valence-electron chi connectivity index (χ3n) is 4.10. The first-order valence-electron chi connectivity index (χ1n) is 8.82. The summed E-state index contributed by atoms with van der Waals surface area (Å²) in [4.78, 5) is 17.5. The summed E-state index contributed by atoms with van der Waals surface area (Å²) in [7, 11) is 0. The van der Waals surface area contributed by atoms with Crippen LogP contribution in [0.5, 0.6) is 0 Å². The first-order chi connectivity index (χ1) is 13.0. The lowest BCUT2D eigenvalue weighted by molar-refractivity contribution is -0.114. The standard InChI is InChI=1S/C21H22ClN3OS/c1-14(2)16-6-8-18(9-7-16)23-13-20(26)25-21-24-12-19(27-21)11-15-4-3-5-17(22)10-15/h3-10,12,14,23H,11,13H2,1-2H3,(H,24,25,26). The number of nitrogens with zero attached hydrogens (tertiary/aromatic N) is 1. The molecule has 0 saturated carbocycles. The molecule has 2 aromatic carbocycles. The zero-order chi connectivity index (χ0) is 19.2. The third kappa shape index (κ3) is 5.81. The number of carbonyl (C=O) groups excluding carboxylic acids is 1. The van der Waals surface area contributed by atoms with Crippen LogP contribution in [0.1, 0.15) is 35.8 Å². The second-order valence-corrected chi connectivity index (χ2v) is 8.17. The molecule has 2 N–H and O–H groups in total. The van der Waals surface area contributed by atoms with Gasteiger partial charge >= 0.3 is 0 Å². The molecule has 0 aliphatic rings. The van der Waals surface area contributed by atoms with Crippen LogP contribution in [0.25, 0.3) is 0 Å². The lowest BCUT2D eigenvalue weighted by Crippen LogP contribution is -2.21. The maximum atomic E-state index is 12.1. The van der Waals surface area contributed by atoms with E-state index in [9.17, 15) is 4.79 Å². The molecule has 0 spiro atoms. The van der Waals surface area contributed by atoms with E-state index in [1.165, 1.54) is 16.9 Å². The molecule has 4 nitrogen and oxygen atoms in total. The van der Waals surface area contributed by atoms with Gasteiger partial charge < -0.3 is 10.6 Å². The average Bonchev–Trinajstić information content (AvgIpc) is 3.07. The number of halogens is 1. The van der Waals surface area contributed by atoms with E-state index >= 15 is 0 Å². The zero-order valence-corrected chi connectivity index (χ0v) is 16.9. The van der Waals surface area contributed by atoms with Gasteiger partial charge in [0.15, 0.2) is 5.13 Å². The molecule has 3 rings (SSSR count). The largest absolute Gasteiger partial charge is 0.376 e. The van der Waals surface area contributed by atoms with Crippen molar-refractivity contribution in [2.24, 2.45) is 0 Å². The molecule has 0 bridgehead atoms. The van der Waals surface area contributed by atoms with Crippen molar-refractivity contribution >= 4 is 39.7 Å². The van der Waals surface area contributed by atoms with Crippen molar-refractivity contribution in [3.63, 3.8) is 0 Å². The van der Waals surface area contributed by atoms with Crippen LogP contribution >= 0.6 is 22.9 Å². The number of anilines is 2. The number of amides is 1. The Morgan fingerprint density at radius 2 is 1.96 bits per heavy atom. The molecular weight excluding hydrogens is 378 g/mol. The van der Waals surface area contributed by atoms with E-state index in [-0.39, 0.29) is 12.5 Å². The topological polar surface area (TPSA) is 54.0 Å². The molecule has 1 amide bonds. The summed E-state index contributed by atoms with van der Waals surface area (Å²) < 4.78 is 0. The molecule has 0 aliphatic heterocycles. The number of hydrogen-bond donors (Lipinski definition) is 2. The fourth-order valence-corrected chi connectivity index (χ4v) is 3.70. The predicted octanol–water partition coefficient (Wildman–Crippen LogP) is 5.56. The highest BCUT2D eigenvalue weighted by Gasteiger charge is 2.08. The molecule has 0 saturated heterocycles. The monoisotopic (exact) mass is 399 g/mol. The van der Waals surface area contributed by atoms with Crippen molar-refractivity contribution in [2.75, 3.05) is 17.2 Å². The van der Waals surface area contributed by atoms with Gasteiger partial charge in [-0.2, -0.15) is 0 Å². The minimum absolute atomic E-state index is 0.119. The molecule has 0 fully saturated rings. The van der Waals surface area contributed by atoms with Crippen molar-refractivity contribution in [2.45, 2.75) is 26.2 Å². The highest BCUT2D eigenvalue weighted by atomic mass is 35.5. The Morgan fingerprint density at radius 1 is 1.19 bits per heavy atom. The van der Waals surface area contributed by atoms with Gasteiger partial charge in [0.1, 0.15) is 0 Å². The number of aromatic nitrogens is 1. The zero-order valence-electron chi connectivity index (χ0n) is 15.3. The normalized spacial score (nSPS) is 10.8. The molecule has 140 valence electrons. The lowest BCUT2D eigenvalue weighted by Gasteiger charge is -2.09. The molecule has 27 heavy (non-hydrogen) atoms. The second-order valence-electron chi connectivity index (χ2n) is 6.62. The lowest BCUT2D eigenvalue weighted by atomic mass is 10.0. The Kier molecular flexibility index (Phi) is 6.48. The quantitative estimate of drug-likeness (QED) is 0.546. The summed E-state index contributed by atoms with van der Waals surface area (Å²) >= 11 is 7.49. The fraction of sp³-hybridized carbons (Fsp3) is 0.238. The number of carbonyl (C=O) groups is 1. The summed E-state index contributed by atoms with van der Waals surface area (Å²) in [5.41, 5.74) is 3.32. The highest BCUT2D eigenvalue weighted by molar-refractivity contribution is 7.15. The van der Waals surface area contributed by atoms with Crippen LogP contribution in [0.2, 0.25) is 5.02 Å². The van der Waals surface area contributed by atoms with Gasteiger partial charge in [0.25, 0.3) is 0 Å². The van der Waals surface area contributed by atoms with Gasteiger partial charge in [-0.25, -0.2) is 4.98 Å². The predicted molar refractivity (Wildman–Crippen MR) is 114 cm³/mol. The smallest absolute Gasteiger partial charge is 0.245 e. The minimum atomic E-state index is -0.119. The number of hydrogen-bond acceptors (Lipinski definition) is 4. The van der Waals surface area contributed by atoms with Crippen molar-refractivity contribution in [3.8, 4) is 0 Å². The first-order valence-corrected chi connectivity index (χ1v) is 10.0. The van der Waals surface area contributed by atoms with Crippen LogP contribution in [0.15, 0.2) is 54.7 Å². The maximum Gasteiger partial charge on any atom is 0.245 e. The van der Waals surface area contributed by atoms with E-state index in [4.69, 9.17) is 11.6 Å². The van der Waals surface area contributed by atoms with E-state index in [0.717, 1.165) is 27.6 Å². The van der Waals surface area contributed by atoms with Crippen molar-refractivity contribution in [1.29, 1.82) is 0 Å². The molecule has 1 heterocycles. The van der Waals surface area contributed by atoms with Gasteiger partial charge in [-0.1, -0.05) is 49.7 Å². The highest BCUT2D eigenvalue weighted by Crippen LogP contribution is 2.22.